The van der Waals surface area contributed by atoms with Crippen molar-refractivity contribution in [1.29, 1.82) is 0 Å². The number of hydrogen-bond acceptors (Lipinski definition) is 5. The maximum absolute atomic E-state index is 13.7. The van der Waals surface area contributed by atoms with Gasteiger partial charge < -0.3 is 9.30 Å². The molecule has 5 rings (SSSR count). The first kappa shape index (κ1) is 19.3. The molecule has 2 aromatic carbocycles. The molecule has 0 aliphatic heterocycles. The number of rotatable bonds is 4. The number of fused-ring (bicyclic) bond motifs is 2. The van der Waals surface area contributed by atoms with Gasteiger partial charge in [-0.1, -0.05) is 30.3 Å². The zero-order valence-electron chi connectivity index (χ0n) is 17.0. The van der Waals surface area contributed by atoms with Gasteiger partial charge in [0.15, 0.2) is 11.5 Å². The summed E-state index contributed by atoms with van der Waals surface area (Å²) >= 11 is 1.51. The second kappa shape index (κ2) is 7.52. The van der Waals surface area contributed by atoms with Crippen LogP contribution in [-0.2, 0) is 13.6 Å². The Kier molecular flexibility index (Phi) is 4.67. The van der Waals surface area contributed by atoms with Gasteiger partial charge in [0.2, 0.25) is 5.43 Å². The molecule has 0 spiro atoms. The van der Waals surface area contributed by atoms with Crippen molar-refractivity contribution >= 4 is 33.3 Å². The Morgan fingerprint density at radius 2 is 1.77 bits per heavy atom. The first-order chi connectivity index (χ1) is 15.1. The van der Waals surface area contributed by atoms with E-state index in [9.17, 15) is 9.59 Å². The number of aromatic nitrogens is 3. The van der Waals surface area contributed by atoms with Crippen LogP contribution in [0.4, 0.5) is 0 Å². The minimum atomic E-state index is -0.337. The van der Waals surface area contributed by atoms with E-state index in [0.717, 1.165) is 21.7 Å². The van der Waals surface area contributed by atoms with Crippen molar-refractivity contribution in [1.82, 2.24) is 14.1 Å². The Labute approximate surface area is 181 Å². The Morgan fingerprint density at radius 1 is 1.00 bits per heavy atom. The molecule has 0 saturated carbocycles. The van der Waals surface area contributed by atoms with Crippen LogP contribution in [0.3, 0.4) is 0 Å². The molecular formula is C24H19N3O3S. The molecule has 0 amide bonds. The second-order valence-electron chi connectivity index (χ2n) is 7.26. The molecule has 0 aliphatic rings. The van der Waals surface area contributed by atoms with E-state index in [2.05, 4.69) is 0 Å². The molecule has 0 bridgehead atoms. The van der Waals surface area contributed by atoms with E-state index in [4.69, 9.17) is 9.72 Å². The van der Waals surface area contributed by atoms with E-state index >= 15 is 0 Å². The van der Waals surface area contributed by atoms with Crippen LogP contribution in [0.15, 0.2) is 75.6 Å². The number of nitrogens with zero attached hydrogens (tertiary/aromatic N) is 3. The van der Waals surface area contributed by atoms with Crippen molar-refractivity contribution in [2.75, 3.05) is 7.11 Å². The van der Waals surface area contributed by atoms with Gasteiger partial charge in [-0.15, -0.1) is 11.3 Å². The number of ether oxygens (including phenoxy) is 1. The minimum Gasteiger partial charge on any atom is -0.497 e. The zero-order chi connectivity index (χ0) is 21.5. The van der Waals surface area contributed by atoms with E-state index in [1.807, 2.05) is 65.5 Å². The third-order valence-corrected chi connectivity index (χ3v) is 6.31. The first-order valence-electron chi connectivity index (χ1n) is 9.77. The number of para-hydroxylation sites is 1. The summed E-state index contributed by atoms with van der Waals surface area (Å²) in [7, 11) is 3.45. The summed E-state index contributed by atoms with van der Waals surface area (Å²) < 4.78 is 8.64. The lowest BCUT2D eigenvalue weighted by molar-refractivity contribution is 0.414. The molecule has 0 atom stereocenters. The van der Waals surface area contributed by atoms with Crippen LogP contribution < -0.4 is 15.7 Å². The van der Waals surface area contributed by atoms with Crippen LogP contribution in [0.2, 0.25) is 0 Å². The number of benzene rings is 2. The van der Waals surface area contributed by atoms with E-state index in [-0.39, 0.29) is 16.4 Å². The van der Waals surface area contributed by atoms with Gasteiger partial charge in [-0.2, -0.15) is 0 Å². The van der Waals surface area contributed by atoms with Gasteiger partial charge in [-0.05, 0) is 41.3 Å². The van der Waals surface area contributed by atoms with Crippen molar-refractivity contribution in [3.63, 3.8) is 0 Å². The summed E-state index contributed by atoms with van der Waals surface area (Å²) in [4.78, 5) is 32.6. The molecule has 0 unspecified atom stereocenters. The molecule has 7 heteroatoms. The van der Waals surface area contributed by atoms with Crippen LogP contribution in [0.5, 0.6) is 5.75 Å². The molecule has 0 aliphatic carbocycles. The van der Waals surface area contributed by atoms with E-state index < -0.39 is 0 Å². The highest BCUT2D eigenvalue weighted by Crippen LogP contribution is 2.25. The van der Waals surface area contributed by atoms with Crippen molar-refractivity contribution in [2.45, 2.75) is 6.54 Å². The number of hydrogen-bond donors (Lipinski definition) is 0. The zero-order valence-corrected chi connectivity index (χ0v) is 17.8. The molecule has 0 fully saturated rings. The lowest BCUT2D eigenvalue weighted by Gasteiger charge is -2.15. The highest BCUT2D eigenvalue weighted by molar-refractivity contribution is 7.13. The van der Waals surface area contributed by atoms with Gasteiger partial charge in [0, 0.05) is 12.4 Å². The predicted octanol–water partition coefficient (Wildman–Crippen LogP) is 4.03. The maximum atomic E-state index is 13.7. The Hall–Kier alpha value is -3.71. The van der Waals surface area contributed by atoms with Gasteiger partial charge in [-0.3, -0.25) is 14.2 Å². The van der Waals surface area contributed by atoms with Crippen molar-refractivity contribution < 1.29 is 4.74 Å². The quantitative estimate of drug-likeness (QED) is 0.405. The highest BCUT2D eigenvalue weighted by Gasteiger charge is 2.19. The van der Waals surface area contributed by atoms with Crippen LogP contribution >= 0.6 is 11.3 Å². The van der Waals surface area contributed by atoms with E-state index in [0.29, 0.717) is 23.4 Å². The molecular weight excluding hydrogens is 410 g/mol. The smallest absolute Gasteiger partial charge is 0.267 e. The topological polar surface area (TPSA) is 66.1 Å². The normalized spacial score (nSPS) is 11.3. The fourth-order valence-electron chi connectivity index (χ4n) is 3.85. The summed E-state index contributed by atoms with van der Waals surface area (Å²) in [5.41, 5.74) is 1.43. The molecule has 0 N–H and O–H groups in total. The average molecular weight is 430 g/mol. The second-order valence-corrected chi connectivity index (χ2v) is 8.20. The third-order valence-electron chi connectivity index (χ3n) is 5.45. The number of methoxy groups -OCH3 is 1. The Balaban J connectivity index is 1.84. The maximum Gasteiger partial charge on any atom is 0.267 e. The summed E-state index contributed by atoms with van der Waals surface area (Å²) in [6.45, 7) is 0.301. The average Bonchev–Trinajstić information content (AvgIpc) is 3.34. The minimum absolute atomic E-state index is 0.106. The summed E-state index contributed by atoms with van der Waals surface area (Å²) in [5, 5.41) is 2.56. The molecule has 154 valence electrons. The molecule has 3 aromatic heterocycles. The van der Waals surface area contributed by atoms with Crippen LogP contribution in [0, 0.1) is 0 Å². The van der Waals surface area contributed by atoms with Crippen LogP contribution in [0.1, 0.15) is 5.56 Å². The predicted molar refractivity (Wildman–Crippen MR) is 124 cm³/mol. The molecule has 3 heterocycles. The molecule has 0 saturated heterocycles. The fraction of sp³-hybridized carbons (Fsp3) is 0.125. The number of thiophene rings is 1. The fourth-order valence-corrected chi connectivity index (χ4v) is 4.57. The Morgan fingerprint density at radius 3 is 2.48 bits per heavy atom. The van der Waals surface area contributed by atoms with Gasteiger partial charge >= 0.3 is 0 Å². The third kappa shape index (κ3) is 3.14. The monoisotopic (exact) mass is 429 g/mol. The largest absolute Gasteiger partial charge is 0.497 e. The van der Waals surface area contributed by atoms with Crippen molar-refractivity contribution in [2.24, 2.45) is 7.05 Å². The van der Waals surface area contributed by atoms with Crippen LogP contribution in [0.25, 0.3) is 32.6 Å². The lowest BCUT2D eigenvalue weighted by atomic mass is 10.1. The van der Waals surface area contributed by atoms with Gasteiger partial charge in [0.25, 0.3) is 5.56 Å². The molecule has 31 heavy (non-hydrogen) atoms. The van der Waals surface area contributed by atoms with Crippen LogP contribution in [-0.4, -0.2) is 21.2 Å². The summed E-state index contributed by atoms with van der Waals surface area (Å²) in [5.74, 6) is 1.29. The lowest BCUT2D eigenvalue weighted by Crippen LogP contribution is -2.29. The summed E-state index contributed by atoms with van der Waals surface area (Å²) in [6, 6.07) is 18.7. The van der Waals surface area contributed by atoms with Gasteiger partial charge in [0.1, 0.15) is 11.1 Å². The highest BCUT2D eigenvalue weighted by atomic mass is 32.1. The Bertz CT molecular complexity index is 1530. The van der Waals surface area contributed by atoms with Crippen molar-refractivity contribution in [3.8, 4) is 16.5 Å². The standard InChI is InChI=1S/C24H19N3O3S/c1-26-18-7-4-3-6-17(18)21(28)20-23(26)25-22(19-8-5-13-31-19)27(24(20)29)14-15-9-11-16(30-2)12-10-15/h3-13H,14H2,1-2H3. The van der Waals surface area contributed by atoms with Crippen molar-refractivity contribution in [3.05, 3.63) is 92.2 Å². The number of pyridine rings is 1. The summed E-state index contributed by atoms with van der Waals surface area (Å²) in [6.07, 6.45) is 0. The molecule has 0 radical (unpaired) electrons. The number of aryl methyl sites for hydroxylation is 1. The molecule has 5 aromatic rings. The SMILES string of the molecule is COc1ccc(Cn2c(-c3cccs3)nc3c(c(=O)c4ccccc4n3C)c2=O)cc1. The first-order valence-corrected chi connectivity index (χ1v) is 10.7. The van der Waals surface area contributed by atoms with Gasteiger partial charge in [0.05, 0.1) is 24.0 Å². The molecule has 6 nitrogen and oxygen atoms in total. The van der Waals surface area contributed by atoms with E-state index in [1.54, 1.807) is 23.8 Å². The van der Waals surface area contributed by atoms with E-state index in [1.165, 1.54) is 11.3 Å². The van der Waals surface area contributed by atoms with Gasteiger partial charge in [-0.25, -0.2) is 4.98 Å².